The predicted molar refractivity (Wildman–Crippen MR) is 80.9 cm³/mol. The first-order valence-corrected chi connectivity index (χ1v) is 7.95. The van der Waals surface area contributed by atoms with Gasteiger partial charge in [-0.3, -0.25) is 9.69 Å². The molecule has 2 fully saturated rings. The lowest BCUT2D eigenvalue weighted by molar-refractivity contribution is 0.160. The van der Waals surface area contributed by atoms with Crippen LogP contribution in [-0.4, -0.2) is 41.7 Å². The molecule has 2 aliphatic rings. The topological polar surface area (TPSA) is 37.3 Å². The van der Waals surface area contributed by atoms with E-state index in [4.69, 9.17) is 0 Å². The number of likely N-dealkylation sites (tertiary alicyclic amines) is 1. The Hall–Kier alpha value is -1.13. The molecule has 110 valence electrons. The summed E-state index contributed by atoms with van der Waals surface area (Å²) >= 11 is 0. The summed E-state index contributed by atoms with van der Waals surface area (Å²) in [6, 6.07) is 6.12. The second-order valence-corrected chi connectivity index (χ2v) is 6.08. The van der Waals surface area contributed by atoms with Gasteiger partial charge in [-0.2, -0.15) is 0 Å². The highest BCUT2D eigenvalue weighted by atomic mass is 16.1. The molecular weight excluding hydrogens is 250 g/mol. The van der Waals surface area contributed by atoms with Gasteiger partial charge in [-0.25, -0.2) is 0 Å². The van der Waals surface area contributed by atoms with Crippen LogP contribution in [0, 0.1) is 5.92 Å². The van der Waals surface area contributed by atoms with Crippen LogP contribution < -0.4 is 10.9 Å². The molecule has 1 aromatic rings. The fourth-order valence-corrected chi connectivity index (χ4v) is 3.75. The van der Waals surface area contributed by atoms with Crippen molar-refractivity contribution >= 4 is 0 Å². The van der Waals surface area contributed by atoms with Crippen LogP contribution in [0.4, 0.5) is 0 Å². The Kier molecular flexibility index (Phi) is 4.53. The fourth-order valence-electron chi connectivity index (χ4n) is 3.75. The lowest BCUT2D eigenvalue weighted by Gasteiger charge is -2.34. The van der Waals surface area contributed by atoms with E-state index in [9.17, 15) is 4.79 Å². The number of pyridine rings is 1. The highest BCUT2D eigenvalue weighted by Gasteiger charge is 2.31. The quantitative estimate of drug-likeness (QED) is 0.900. The Morgan fingerprint density at radius 2 is 2.15 bits per heavy atom. The molecule has 2 atom stereocenters. The fraction of sp³-hybridized carbons (Fsp3) is 0.688. The first-order valence-electron chi connectivity index (χ1n) is 7.95. The summed E-state index contributed by atoms with van der Waals surface area (Å²) in [4.78, 5) is 14.3. The van der Waals surface area contributed by atoms with E-state index in [2.05, 4.69) is 10.2 Å². The van der Waals surface area contributed by atoms with Gasteiger partial charge in [-0.1, -0.05) is 6.07 Å². The highest BCUT2D eigenvalue weighted by Crippen LogP contribution is 2.27. The van der Waals surface area contributed by atoms with Gasteiger partial charge in [0.15, 0.2) is 0 Å². The van der Waals surface area contributed by atoms with E-state index in [-0.39, 0.29) is 5.56 Å². The van der Waals surface area contributed by atoms with Gasteiger partial charge in [0.05, 0.1) is 0 Å². The van der Waals surface area contributed by atoms with E-state index < -0.39 is 0 Å². The second kappa shape index (κ2) is 6.55. The van der Waals surface area contributed by atoms with Crippen molar-refractivity contribution in [3.63, 3.8) is 0 Å². The molecule has 2 aliphatic heterocycles. The maximum absolute atomic E-state index is 11.7. The Labute approximate surface area is 120 Å². The van der Waals surface area contributed by atoms with Crippen LogP contribution in [0.1, 0.15) is 25.7 Å². The van der Waals surface area contributed by atoms with Gasteiger partial charge in [0.2, 0.25) is 0 Å². The Morgan fingerprint density at radius 1 is 1.20 bits per heavy atom. The average molecular weight is 275 g/mol. The molecule has 0 aromatic carbocycles. The minimum absolute atomic E-state index is 0.113. The molecule has 20 heavy (non-hydrogen) atoms. The second-order valence-electron chi connectivity index (χ2n) is 6.08. The summed E-state index contributed by atoms with van der Waals surface area (Å²) in [5, 5.41) is 3.53. The Morgan fingerprint density at radius 3 is 2.95 bits per heavy atom. The number of nitrogens with zero attached hydrogens (tertiary/aromatic N) is 2. The molecule has 3 rings (SSSR count). The van der Waals surface area contributed by atoms with Gasteiger partial charge in [0, 0.05) is 31.4 Å². The number of piperidine rings is 1. The van der Waals surface area contributed by atoms with E-state index in [1.807, 2.05) is 22.9 Å². The van der Waals surface area contributed by atoms with Crippen molar-refractivity contribution in [1.82, 2.24) is 14.8 Å². The zero-order valence-corrected chi connectivity index (χ0v) is 12.1. The summed E-state index contributed by atoms with van der Waals surface area (Å²) in [5.41, 5.74) is 0.113. The van der Waals surface area contributed by atoms with Crippen molar-refractivity contribution in [2.75, 3.05) is 26.2 Å². The smallest absolute Gasteiger partial charge is 0.250 e. The Bertz CT molecular complexity index is 479. The molecule has 0 bridgehead atoms. The third-order valence-electron chi connectivity index (χ3n) is 4.82. The van der Waals surface area contributed by atoms with Gasteiger partial charge in [-0.05, 0) is 57.3 Å². The van der Waals surface area contributed by atoms with E-state index in [0.717, 1.165) is 25.0 Å². The van der Waals surface area contributed by atoms with Crippen molar-refractivity contribution in [2.24, 2.45) is 5.92 Å². The van der Waals surface area contributed by atoms with Crippen LogP contribution in [0.15, 0.2) is 29.2 Å². The van der Waals surface area contributed by atoms with Crippen LogP contribution in [0.3, 0.4) is 0 Å². The molecule has 2 unspecified atom stereocenters. The van der Waals surface area contributed by atoms with Gasteiger partial charge in [0.25, 0.3) is 5.56 Å². The first kappa shape index (κ1) is 13.8. The molecule has 1 aromatic heterocycles. The van der Waals surface area contributed by atoms with Crippen LogP contribution >= 0.6 is 0 Å². The van der Waals surface area contributed by atoms with E-state index >= 15 is 0 Å². The summed E-state index contributed by atoms with van der Waals surface area (Å²) in [7, 11) is 0. The maximum Gasteiger partial charge on any atom is 0.250 e. The molecule has 0 amide bonds. The number of hydrogen-bond donors (Lipinski definition) is 1. The lowest BCUT2D eigenvalue weighted by Crippen LogP contribution is -2.44. The summed E-state index contributed by atoms with van der Waals surface area (Å²) in [6.45, 7) is 5.37. The van der Waals surface area contributed by atoms with Crippen molar-refractivity contribution in [3.05, 3.63) is 34.7 Å². The van der Waals surface area contributed by atoms with Crippen LogP contribution in [0.5, 0.6) is 0 Å². The first-order chi connectivity index (χ1) is 9.84. The van der Waals surface area contributed by atoms with Gasteiger partial charge in [0.1, 0.15) is 0 Å². The van der Waals surface area contributed by atoms with E-state index in [1.54, 1.807) is 6.07 Å². The third-order valence-corrected chi connectivity index (χ3v) is 4.82. The minimum Gasteiger partial charge on any atom is -0.316 e. The lowest BCUT2D eigenvalue weighted by atomic mass is 9.90. The molecule has 1 N–H and O–H groups in total. The molecule has 0 spiro atoms. The average Bonchev–Trinajstić information content (AvgIpc) is 2.96. The van der Waals surface area contributed by atoms with Crippen molar-refractivity contribution in [1.29, 1.82) is 0 Å². The summed E-state index contributed by atoms with van der Waals surface area (Å²) in [5.74, 6) is 0.804. The molecule has 4 nitrogen and oxygen atoms in total. The minimum atomic E-state index is 0.113. The number of rotatable bonds is 4. The van der Waals surface area contributed by atoms with Crippen LogP contribution in [-0.2, 0) is 6.54 Å². The molecular formula is C16H25N3O. The van der Waals surface area contributed by atoms with E-state index in [1.165, 1.54) is 45.3 Å². The number of aromatic nitrogens is 1. The molecule has 2 saturated heterocycles. The van der Waals surface area contributed by atoms with E-state index in [0.29, 0.717) is 0 Å². The monoisotopic (exact) mass is 275 g/mol. The SMILES string of the molecule is O=c1ccccn1CCN1CCCC1C1CCCNC1. The van der Waals surface area contributed by atoms with Crippen LogP contribution in [0.2, 0.25) is 0 Å². The highest BCUT2D eigenvalue weighted by molar-refractivity contribution is 4.94. The molecule has 3 heterocycles. The summed E-state index contributed by atoms with van der Waals surface area (Å²) < 4.78 is 1.83. The zero-order chi connectivity index (χ0) is 13.8. The zero-order valence-electron chi connectivity index (χ0n) is 12.1. The molecule has 0 aliphatic carbocycles. The molecule has 0 radical (unpaired) electrons. The molecule has 0 saturated carbocycles. The Balaban J connectivity index is 1.58. The maximum atomic E-state index is 11.7. The number of nitrogens with one attached hydrogen (secondary N) is 1. The number of hydrogen-bond acceptors (Lipinski definition) is 3. The predicted octanol–water partition coefficient (Wildman–Crippen LogP) is 1.31. The summed E-state index contributed by atoms with van der Waals surface area (Å²) in [6.07, 6.45) is 7.21. The van der Waals surface area contributed by atoms with Crippen LogP contribution in [0.25, 0.3) is 0 Å². The van der Waals surface area contributed by atoms with Crippen molar-refractivity contribution < 1.29 is 0 Å². The van der Waals surface area contributed by atoms with Gasteiger partial charge in [-0.15, -0.1) is 0 Å². The molecule has 4 heteroatoms. The normalized spacial score (nSPS) is 27.8. The van der Waals surface area contributed by atoms with Crippen molar-refractivity contribution in [3.8, 4) is 0 Å². The largest absolute Gasteiger partial charge is 0.316 e. The standard InChI is InChI=1S/C16H25N3O/c20-16-7-1-2-9-19(16)12-11-18-10-4-6-15(18)14-5-3-8-17-13-14/h1-2,7,9,14-15,17H,3-6,8,10-13H2. The van der Waals surface area contributed by atoms with Gasteiger partial charge >= 0.3 is 0 Å². The third kappa shape index (κ3) is 3.13. The van der Waals surface area contributed by atoms with Crippen molar-refractivity contribution in [2.45, 2.75) is 38.3 Å². The van der Waals surface area contributed by atoms with Gasteiger partial charge < -0.3 is 9.88 Å².